The summed E-state index contributed by atoms with van der Waals surface area (Å²) in [4.78, 5) is 13.5. The molecule has 0 saturated heterocycles. The molecule has 1 aliphatic rings. The fourth-order valence-corrected chi connectivity index (χ4v) is 4.33. The number of carbonyl (C=O) groups excluding carboxylic acids is 1. The van der Waals surface area contributed by atoms with Crippen LogP contribution < -0.4 is 34.9 Å². The number of carbonyl (C=O) groups is 1. The first-order valence-electron chi connectivity index (χ1n) is 11.6. The lowest BCUT2D eigenvalue weighted by molar-refractivity contribution is -0.113. The van der Waals surface area contributed by atoms with Crippen LogP contribution >= 0.6 is 12.2 Å². The number of hydrogen-bond acceptors (Lipinski definition) is 6. The number of ether oxygens (including phenoxy) is 4. The molecule has 3 aromatic carbocycles. The Hall–Kier alpha value is -4.24. The molecule has 0 aromatic heterocycles. The van der Waals surface area contributed by atoms with Crippen molar-refractivity contribution in [3.8, 4) is 23.0 Å². The lowest BCUT2D eigenvalue weighted by Gasteiger charge is -2.31. The van der Waals surface area contributed by atoms with Gasteiger partial charge in [0.2, 0.25) is 0 Å². The van der Waals surface area contributed by atoms with Crippen LogP contribution in [-0.4, -0.2) is 32.3 Å². The van der Waals surface area contributed by atoms with Crippen LogP contribution in [0.5, 0.6) is 23.0 Å². The number of anilines is 1. The van der Waals surface area contributed by atoms with Crippen LogP contribution in [0.15, 0.2) is 78.0 Å². The molecule has 1 heterocycles. The van der Waals surface area contributed by atoms with Crippen LogP contribution in [0.4, 0.5) is 5.69 Å². The van der Waals surface area contributed by atoms with Gasteiger partial charge in [0, 0.05) is 11.8 Å². The molecule has 37 heavy (non-hydrogen) atoms. The molecule has 1 aliphatic heterocycles. The van der Waals surface area contributed by atoms with E-state index in [1.165, 1.54) is 7.11 Å². The molecule has 8 nitrogen and oxygen atoms in total. The Morgan fingerprint density at radius 1 is 0.919 bits per heavy atom. The maximum absolute atomic E-state index is 13.5. The average molecular weight is 520 g/mol. The standard InChI is InChI=1S/C28H29N3O5S/c1-17-25(27(32)30-21-12-11-20(33-2)15-23(21)34-3)26(31-28(37)29-17)19-10-13-22(24(14-19)35-4)36-16-18-8-6-5-7-9-18/h5-15,26H,16H2,1-4H3,(H,30,32)(H2,29,31,37). The van der Waals surface area contributed by atoms with Gasteiger partial charge in [-0.25, -0.2) is 0 Å². The number of rotatable bonds is 9. The van der Waals surface area contributed by atoms with E-state index in [9.17, 15) is 4.79 Å². The molecule has 0 saturated carbocycles. The van der Waals surface area contributed by atoms with E-state index in [0.29, 0.717) is 51.7 Å². The third kappa shape index (κ3) is 5.95. The van der Waals surface area contributed by atoms with E-state index >= 15 is 0 Å². The van der Waals surface area contributed by atoms with Crippen molar-refractivity contribution in [3.05, 3.63) is 89.1 Å². The highest BCUT2D eigenvalue weighted by molar-refractivity contribution is 7.80. The Morgan fingerprint density at radius 2 is 1.68 bits per heavy atom. The fraction of sp³-hybridized carbons (Fsp3) is 0.214. The van der Waals surface area contributed by atoms with Crippen molar-refractivity contribution in [1.29, 1.82) is 0 Å². The molecule has 9 heteroatoms. The molecule has 0 spiro atoms. The van der Waals surface area contributed by atoms with E-state index in [0.717, 1.165) is 11.1 Å². The largest absolute Gasteiger partial charge is 0.497 e. The van der Waals surface area contributed by atoms with Crippen LogP contribution in [0.1, 0.15) is 24.1 Å². The van der Waals surface area contributed by atoms with Crippen molar-refractivity contribution < 1.29 is 23.7 Å². The zero-order chi connectivity index (χ0) is 26.4. The molecular formula is C28H29N3O5S. The van der Waals surface area contributed by atoms with Gasteiger partial charge in [-0.2, -0.15) is 0 Å². The summed E-state index contributed by atoms with van der Waals surface area (Å²) in [5.74, 6) is 1.94. The molecule has 0 aliphatic carbocycles. The fourth-order valence-electron chi connectivity index (χ4n) is 4.05. The van der Waals surface area contributed by atoms with Crippen molar-refractivity contribution in [2.75, 3.05) is 26.6 Å². The van der Waals surface area contributed by atoms with Gasteiger partial charge in [-0.15, -0.1) is 0 Å². The first-order valence-corrected chi connectivity index (χ1v) is 12.0. The van der Waals surface area contributed by atoms with Crippen LogP contribution in [0, 0.1) is 0 Å². The molecule has 4 rings (SSSR count). The number of benzene rings is 3. The van der Waals surface area contributed by atoms with E-state index < -0.39 is 6.04 Å². The van der Waals surface area contributed by atoms with Crippen LogP contribution in [0.3, 0.4) is 0 Å². The summed E-state index contributed by atoms with van der Waals surface area (Å²) in [6.07, 6.45) is 0. The van der Waals surface area contributed by atoms with Gasteiger partial charge in [-0.1, -0.05) is 36.4 Å². The molecule has 1 atom stereocenters. The summed E-state index contributed by atoms with van der Waals surface area (Å²) in [6.45, 7) is 2.22. The first kappa shape index (κ1) is 25.8. The maximum Gasteiger partial charge on any atom is 0.255 e. The van der Waals surface area contributed by atoms with E-state index in [1.807, 2.05) is 55.5 Å². The summed E-state index contributed by atoms with van der Waals surface area (Å²) in [7, 11) is 4.69. The predicted molar refractivity (Wildman–Crippen MR) is 146 cm³/mol. The summed E-state index contributed by atoms with van der Waals surface area (Å²) in [5, 5.41) is 9.63. The Bertz CT molecular complexity index is 1330. The van der Waals surface area contributed by atoms with Gasteiger partial charge in [0.1, 0.15) is 18.1 Å². The van der Waals surface area contributed by atoms with Crippen molar-refractivity contribution in [2.45, 2.75) is 19.6 Å². The topological polar surface area (TPSA) is 90.1 Å². The van der Waals surface area contributed by atoms with Gasteiger partial charge in [0.15, 0.2) is 16.6 Å². The Morgan fingerprint density at radius 3 is 2.38 bits per heavy atom. The Balaban J connectivity index is 1.61. The number of amides is 1. The molecule has 3 aromatic rings. The third-order valence-electron chi connectivity index (χ3n) is 5.93. The van der Waals surface area contributed by atoms with Crippen molar-refractivity contribution in [3.63, 3.8) is 0 Å². The van der Waals surface area contributed by atoms with E-state index in [1.54, 1.807) is 32.4 Å². The number of methoxy groups -OCH3 is 3. The van der Waals surface area contributed by atoms with E-state index in [2.05, 4.69) is 16.0 Å². The van der Waals surface area contributed by atoms with Gasteiger partial charge in [0.25, 0.3) is 5.91 Å². The van der Waals surface area contributed by atoms with Crippen molar-refractivity contribution >= 4 is 28.9 Å². The maximum atomic E-state index is 13.5. The Kier molecular flexibility index (Phi) is 8.15. The molecule has 3 N–H and O–H groups in total. The summed E-state index contributed by atoms with van der Waals surface area (Å²) in [5.41, 5.74) is 3.47. The highest BCUT2D eigenvalue weighted by Gasteiger charge is 2.31. The first-order chi connectivity index (χ1) is 17.9. The van der Waals surface area contributed by atoms with Crippen molar-refractivity contribution in [2.24, 2.45) is 0 Å². The van der Waals surface area contributed by atoms with Gasteiger partial charge < -0.3 is 34.9 Å². The minimum atomic E-state index is -0.518. The second-order valence-corrected chi connectivity index (χ2v) is 8.68. The van der Waals surface area contributed by atoms with Gasteiger partial charge in [-0.05, 0) is 54.5 Å². The quantitative estimate of drug-likeness (QED) is 0.350. The second kappa shape index (κ2) is 11.7. The zero-order valence-electron chi connectivity index (χ0n) is 21.1. The molecule has 0 fully saturated rings. The number of allylic oxidation sites excluding steroid dienone is 1. The van der Waals surface area contributed by atoms with Gasteiger partial charge in [0.05, 0.1) is 38.6 Å². The average Bonchev–Trinajstić information content (AvgIpc) is 2.92. The van der Waals surface area contributed by atoms with E-state index in [-0.39, 0.29) is 5.91 Å². The number of hydrogen-bond donors (Lipinski definition) is 3. The molecule has 1 unspecified atom stereocenters. The summed E-state index contributed by atoms with van der Waals surface area (Å²) < 4.78 is 22.3. The predicted octanol–water partition coefficient (Wildman–Crippen LogP) is 4.72. The molecule has 192 valence electrons. The lowest BCUT2D eigenvalue weighted by Crippen LogP contribution is -2.45. The summed E-state index contributed by atoms with van der Waals surface area (Å²) >= 11 is 5.40. The third-order valence-corrected chi connectivity index (χ3v) is 6.15. The van der Waals surface area contributed by atoms with Gasteiger partial charge in [-0.3, -0.25) is 4.79 Å². The minimum absolute atomic E-state index is 0.308. The molecule has 0 radical (unpaired) electrons. The van der Waals surface area contributed by atoms with Crippen LogP contribution in [-0.2, 0) is 11.4 Å². The number of thiocarbonyl (C=S) groups is 1. The lowest BCUT2D eigenvalue weighted by atomic mass is 9.94. The Labute approximate surface area is 221 Å². The smallest absolute Gasteiger partial charge is 0.255 e. The van der Waals surface area contributed by atoms with E-state index in [4.69, 9.17) is 31.2 Å². The normalized spacial score (nSPS) is 14.8. The number of nitrogens with one attached hydrogen (secondary N) is 3. The SMILES string of the molecule is COc1ccc(NC(=O)C2=C(C)NC(=S)NC2c2ccc(OCc3ccccc3)c(OC)c2)c(OC)c1. The monoisotopic (exact) mass is 519 g/mol. The highest BCUT2D eigenvalue weighted by atomic mass is 32.1. The molecule has 0 bridgehead atoms. The minimum Gasteiger partial charge on any atom is -0.497 e. The summed E-state index contributed by atoms with van der Waals surface area (Å²) in [6, 6.07) is 20.1. The van der Waals surface area contributed by atoms with Gasteiger partial charge >= 0.3 is 0 Å². The second-order valence-electron chi connectivity index (χ2n) is 8.28. The molecule has 1 amide bonds. The van der Waals surface area contributed by atoms with Crippen LogP contribution in [0.25, 0.3) is 0 Å². The zero-order valence-corrected chi connectivity index (χ0v) is 21.9. The van der Waals surface area contributed by atoms with Crippen LogP contribution in [0.2, 0.25) is 0 Å². The molecular weight excluding hydrogens is 490 g/mol. The van der Waals surface area contributed by atoms with Crippen molar-refractivity contribution in [1.82, 2.24) is 10.6 Å². The highest BCUT2D eigenvalue weighted by Crippen LogP contribution is 2.36.